The van der Waals surface area contributed by atoms with Gasteiger partial charge in [0.1, 0.15) is 6.07 Å². The fourth-order valence-corrected chi connectivity index (χ4v) is 1.92. The van der Waals surface area contributed by atoms with Gasteiger partial charge in [-0.2, -0.15) is 5.26 Å². The average Bonchev–Trinajstić information content (AvgIpc) is 2.33. The quantitative estimate of drug-likeness (QED) is 0.757. The molecule has 18 heavy (non-hydrogen) atoms. The van der Waals surface area contributed by atoms with Gasteiger partial charge in [0.15, 0.2) is 0 Å². The lowest BCUT2D eigenvalue weighted by atomic mass is 10.1. The summed E-state index contributed by atoms with van der Waals surface area (Å²) in [7, 11) is 0. The lowest BCUT2D eigenvalue weighted by molar-refractivity contribution is -0.137. The van der Waals surface area contributed by atoms with E-state index in [2.05, 4.69) is 27.3 Å². The molecule has 5 heteroatoms. The zero-order chi connectivity index (χ0) is 13.4. The van der Waals surface area contributed by atoms with Crippen LogP contribution in [-0.2, 0) is 4.79 Å². The number of rotatable bonds is 7. The maximum absolute atomic E-state index is 10.3. The minimum Gasteiger partial charge on any atom is -0.481 e. The molecule has 96 valence electrons. The van der Waals surface area contributed by atoms with Gasteiger partial charge in [-0.25, -0.2) is 0 Å². The highest BCUT2D eigenvalue weighted by Gasteiger charge is 2.02. The molecule has 0 unspecified atom stereocenters. The highest BCUT2D eigenvalue weighted by Crippen LogP contribution is 2.20. The number of benzene rings is 1. The summed E-state index contributed by atoms with van der Waals surface area (Å²) >= 11 is 3.36. The zero-order valence-corrected chi connectivity index (χ0v) is 11.5. The highest BCUT2D eigenvalue weighted by molar-refractivity contribution is 9.10. The summed E-state index contributed by atoms with van der Waals surface area (Å²) in [4.78, 5) is 10.3. The molecule has 4 nitrogen and oxygen atoms in total. The molecule has 1 aromatic rings. The maximum atomic E-state index is 10.3. The Bertz CT molecular complexity index is 455. The van der Waals surface area contributed by atoms with Crippen LogP contribution in [0.2, 0.25) is 0 Å². The first-order valence-corrected chi connectivity index (χ1v) is 6.58. The third kappa shape index (κ3) is 5.19. The summed E-state index contributed by atoms with van der Waals surface area (Å²) in [6.45, 7) is 0.741. The number of carbonyl (C=O) groups is 1. The van der Waals surface area contributed by atoms with E-state index < -0.39 is 5.97 Å². The maximum Gasteiger partial charge on any atom is 0.303 e. The molecule has 2 N–H and O–H groups in total. The van der Waals surface area contributed by atoms with Crippen molar-refractivity contribution in [3.8, 4) is 6.07 Å². The van der Waals surface area contributed by atoms with Gasteiger partial charge in [-0.05, 0) is 31.0 Å². The second-order valence-electron chi connectivity index (χ2n) is 3.93. The van der Waals surface area contributed by atoms with Crippen molar-refractivity contribution >= 4 is 27.6 Å². The van der Waals surface area contributed by atoms with Crippen molar-refractivity contribution in [2.24, 2.45) is 0 Å². The van der Waals surface area contributed by atoms with Crippen LogP contribution in [0.25, 0.3) is 0 Å². The number of nitriles is 1. The number of hydrogen-bond acceptors (Lipinski definition) is 3. The van der Waals surface area contributed by atoms with E-state index >= 15 is 0 Å². The minimum absolute atomic E-state index is 0.223. The molecule has 0 heterocycles. The molecule has 0 amide bonds. The van der Waals surface area contributed by atoms with Crippen molar-refractivity contribution < 1.29 is 9.90 Å². The Balaban J connectivity index is 2.33. The molecule has 0 aliphatic rings. The fourth-order valence-electron chi connectivity index (χ4n) is 1.56. The molecule has 0 spiro atoms. The van der Waals surface area contributed by atoms with Gasteiger partial charge in [0.25, 0.3) is 0 Å². The van der Waals surface area contributed by atoms with Crippen LogP contribution >= 0.6 is 15.9 Å². The monoisotopic (exact) mass is 310 g/mol. The lowest BCUT2D eigenvalue weighted by Crippen LogP contribution is -2.03. The number of nitrogens with zero attached hydrogens (tertiary/aromatic N) is 1. The van der Waals surface area contributed by atoms with Crippen molar-refractivity contribution in [1.29, 1.82) is 5.26 Å². The molecule has 0 atom stereocenters. The number of nitrogens with one attached hydrogen (secondary N) is 1. The van der Waals surface area contributed by atoms with E-state index in [1.54, 1.807) is 6.07 Å². The van der Waals surface area contributed by atoms with Gasteiger partial charge in [0, 0.05) is 17.4 Å². The van der Waals surface area contributed by atoms with Crippen molar-refractivity contribution in [3.63, 3.8) is 0 Å². The van der Waals surface area contributed by atoms with E-state index in [9.17, 15) is 4.79 Å². The number of carboxylic acids is 1. The first-order valence-electron chi connectivity index (χ1n) is 5.79. The third-order valence-corrected chi connectivity index (χ3v) is 2.98. The van der Waals surface area contributed by atoms with Crippen LogP contribution in [0, 0.1) is 11.3 Å². The number of hydrogen-bond donors (Lipinski definition) is 2. The van der Waals surface area contributed by atoms with Gasteiger partial charge in [0.2, 0.25) is 0 Å². The van der Waals surface area contributed by atoms with Crippen LogP contribution in [0.4, 0.5) is 5.69 Å². The Morgan fingerprint density at radius 3 is 2.83 bits per heavy atom. The number of anilines is 1. The van der Waals surface area contributed by atoms with Gasteiger partial charge in [-0.15, -0.1) is 0 Å². The normalized spacial score (nSPS) is 9.78. The first-order chi connectivity index (χ1) is 8.63. The SMILES string of the molecule is N#Cc1ccc(Br)cc1NCCCCCC(=O)O. The Morgan fingerprint density at radius 2 is 2.17 bits per heavy atom. The summed E-state index contributed by atoms with van der Waals surface area (Å²) < 4.78 is 0.926. The van der Waals surface area contributed by atoms with Crippen molar-refractivity contribution in [2.45, 2.75) is 25.7 Å². The molecule has 1 rings (SSSR count). The van der Waals surface area contributed by atoms with Gasteiger partial charge < -0.3 is 10.4 Å². The van der Waals surface area contributed by atoms with Crippen LogP contribution in [0.3, 0.4) is 0 Å². The van der Waals surface area contributed by atoms with Crippen molar-refractivity contribution in [3.05, 3.63) is 28.2 Å². The van der Waals surface area contributed by atoms with Crippen molar-refractivity contribution in [1.82, 2.24) is 0 Å². The lowest BCUT2D eigenvalue weighted by Gasteiger charge is -2.08. The summed E-state index contributed by atoms with van der Waals surface area (Å²) in [5.41, 5.74) is 1.42. The molecule has 0 bridgehead atoms. The van der Waals surface area contributed by atoms with E-state index in [4.69, 9.17) is 10.4 Å². The summed E-state index contributed by atoms with van der Waals surface area (Å²) in [6.07, 6.45) is 2.68. The Hall–Kier alpha value is -1.54. The van der Waals surface area contributed by atoms with Crippen molar-refractivity contribution in [2.75, 3.05) is 11.9 Å². The smallest absolute Gasteiger partial charge is 0.303 e. The molecular weight excluding hydrogens is 296 g/mol. The van der Waals surface area contributed by atoms with Crippen LogP contribution < -0.4 is 5.32 Å². The largest absolute Gasteiger partial charge is 0.481 e. The van der Waals surface area contributed by atoms with Gasteiger partial charge in [-0.1, -0.05) is 22.4 Å². The third-order valence-electron chi connectivity index (χ3n) is 2.48. The van der Waals surface area contributed by atoms with Gasteiger partial charge in [0.05, 0.1) is 11.3 Å². The zero-order valence-electron chi connectivity index (χ0n) is 9.95. The predicted molar refractivity (Wildman–Crippen MR) is 73.5 cm³/mol. The van der Waals surface area contributed by atoms with Crippen LogP contribution in [0.15, 0.2) is 22.7 Å². The van der Waals surface area contributed by atoms with E-state index in [0.29, 0.717) is 12.0 Å². The van der Waals surface area contributed by atoms with E-state index in [1.807, 2.05) is 12.1 Å². The Kier molecular flexibility index (Phi) is 6.23. The number of halogens is 1. The fraction of sp³-hybridized carbons (Fsp3) is 0.385. The summed E-state index contributed by atoms with van der Waals surface area (Å²) in [5.74, 6) is -0.748. The number of unbranched alkanes of at least 4 members (excludes halogenated alkanes) is 2. The topological polar surface area (TPSA) is 73.1 Å². The molecule has 0 fully saturated rings. The Morgan fingerprint density at radius 1 is 1.39 bits per heavy atom. The van der Waals surface area contributed by atoms with Crippen LogP contribution in [0.5, 0.6) is 0 Å². The molecular formula is C13H15BrN2O2. The Labute approximate surface area is 115 Å². The number of aliphatic carboxylic acids is 1. The molecule has 0 saturated heterocycles. The molecule has 0 saturated carbocycles. The highest BCUT2D eigenvalue weighted by atomic mass is 79.9. The second-order valence-corrected chi connectivity index (χ2v) is 4.85. The average molecular weight is 311 g/mol. The second kappa shape index (κ2) is 7.72. The molecule has 0 aliphatic carbocycles. The van der Waals surface area contributed by atoms with Crippen LogP contribution in [0.1, 0.15) is 31.2 Å². The first kappa shape index (κ1) is 14.5. The summed E-state index contributed by atoms with van der Waals surface area (Å²) in [5, 5.41) is 20.6. The summed E-state index contributed by atoms with van der Waals surface area (Å²) in [6, 6.07) is 7.59. The van der Waals surface area contributed by atoms with Gasteiger partial charge >= 0.3 is 5.97 Å². The van der Waals surface area contributed by atoms with E-state index in [1.165, 1.54) is 0 Å². The van der Waals surface area contributed by atoms with Crippen LogP contribution in [-0.4, -0.2) is 17.6 Å². The number of carboxylic acid groups (broad SMARTS) is 1. The van der Waals surface area contributed by atoms with Gasteiger partial charge in [-0.3, -0.25) is 4.79 Å². The molecule has 1 aromatic carbocycles. The molecule has 0 aliphatic heterocycles. The minimum atomic E-state index is -0.748. The van der Waals surface area contributed by atoms with E-state index in [-0.39, 0.29) is 6.42 Å². The van der Waals surface area contributed by atoms with E-state index in [0.717, 1.165) is 29.5 Å². The molecule has 0 radical (unpaired) electrons. The molecule has 0 aromatic heterocycles. The predicted octanol–water partition coefficient (Wildman–Crippen LogP) is 3.38. The standard InChI is InChI=1S/C13H15BrN2O2/c14-11-6-5-10(9-15)12(8-11)16-7-3-1-2-4-13(17)18/h5-6,8,16H,1-4,7H2,(H,17,18).